The average Bonchev–Trinajstić information content (AvgIpc) is 3.24. The summed E-state index contributed by atoms with van der Waals surface area (Å²) in [6, 6.07) is 20.0. The van der Waals surface area contributed by atoms with Crippen LogP contribution in [0.2, 0.25) is 5.02 Å². The van der Waals surface area contributed by atoms with Crippen LogP contribution in [0, 0.1) is 11.3 Å². The number of halogens is 1. The van der Waals surface area contributed by atoms with Crippen LogP contribution in [0.25, 0.3) is 11.3 Å². The maximum Gasteiger partial charge on any atom is 0.266 e. The number of nitriles is 1. The first-order chi connectivity index (χ1) is 14.5. The monoisotopic (exact) mass is 437 g/mol. The van der Waals surface area contributed by atoms with E-state index in [9.17, 15) is 10.1 Å². The number of methoxy groups -OCH3 is 1. The fourth-order valence-corrected chi connectivity index (χ4v) is 3.84. The first-order valence-corrected chi connectivity index (χ1v) is 9.78. The fourth-order valence-electron chi connectivity index (χ4n) is 3.22. The van der Waals surface area contributed by atoms with Gasteiger partial charge in [0.05, 0.1) is 17.2 Å². The Morgan fingerprint density at radius 2 is 1.90 bits per heavy atom. The Bertz CT molecular complexity index is 1180. The first kappa shape index (κ1) is 20.0. The number of ether oxygens (including phenoxy) is 1. The smallest absolute Gasteiger partial charge is 0.266 e. The molecular formula is C22H16ClN3O3S. The normalized spacial score (nSPS) is 16.3. The van der Waals surface area contributed by atoms with Gasteiger partial charge < -0.3 is 19.4 Å². The summed E-state index contributed by atoms with van der Waals surface area (Å²) in [5, 5.41) is 13.0. The van der Waals surface area contributed by atoms with Gasteiger partial charge in [0.2, 0.25) is 0 Å². The number of hydrogen-bond acceptors (Lipinski definition) is 6. The molecular weight excluding hydrogens is 422 g/mol. The molecule has 1 amide bonds. The maximum absolute atomic E-state index is 12.5. The first-order valence-electron chi connectivity index (χ1n) is 8.95. The lowest BCUT2D eigenvalue weighted by molar-refractivity contribution is -0.118. The molecule has 150 valence electrons. The van der Waals surface area contributed by atoms with Crippen LogP contribution in [0.15, 0.2) is 75.7 Å². The molecule has 2 heterocycles. The van der Waals surface area contributed by atoms with E-state index in [2.05, 4.69) is 17.9 Å². The Balaban J connectivity index is 1.79. The van der Waals surface area contributed by atoms with Crippen molar-refractivity contribution in [2.45, 2.75) is 6.17 Å². The lowest BCUT2D eigenvalue weighted by Crippen LogP contribution is -2.45. The lowest BCUT2D eigenvalue weighted by Gasteiger charge is -2.36. The minimum Gasteiger partial charge on any atom is -0.497 e. The molecule has 30 heavy (non-hydrogen) atoms. The Morgan fingerprint density at radius 1 is 1.17 bits per heavy atom. The van der Waals surface area contributed by atoms with Crippen LogP contribution in [-0.2, 0) is 4.79 Å². The molecule has 8 heteroatoms. The minimum atomic E-state index is -0.702. The second-order valence-electron chi connectivity index (χ2n) is 6.44. The molecule has 0 spiro atoms. The van der Waals surface area contributed by atoms with Gasteiger partial charge in [-0.1, -0.05) is 23.7 Å². The highest BCUT2D eigenvalue weighted by Crippen LogP contribution is 2.38. The summed E-state index contributed by atoms with van der Waals surface area (Å²) >= 11 is 10.8. The van der Waals surface area contributed by atoms with Crippen LogP contribution < -0.4 is 15.0 Å². The zero-order valence-corrected chi connectivity index (χ0v) is 17.4. The zero-order valence-electron chi connectivity index (χ0n) is 15.8. The number of furan rings is 1. The van der Waals surface area contributed by atoms with Crippen LogP contribution in [0.3, 0.4) is 0 Å². The van der Waals surface area contributed by atoms with E-state index in [0.717, 1.165) is 5.56 Å². The van der Waals surface area contributed by atoms with Gasteiger partial charge in [0.25, 0.3) is 5.91 Å². The highest BCUT2D eigenvalue weighted by Gasteiger charge is 2.35. The Morgan fingerprint density at radius 3 is 2.57 bits per heavy atom. The number of nitrogens with one attached hydrogen (secondary N) is 1. The molecule has 1 atom stereocenters. The molecule has 6 nitrogen and oxygen atoms in total. The highest BCUT2D eigenvalue weighted by atomic mass is 35.5. The van der Waals surface area contributed by atoms with E-state index in [1.54, 1.807) is 42.3 Å². The Kier molecular flexibility index (Phi) is 5.44. The molecule has 1 aromatic heterocycles. The van der Waals surface area contributed by atoms with Gasteiger partial charge in [0, 0.05) is 11.3 Å². The van der Waals surface area contributed by atoms with E-state index in [4.69, 9.17) is 20.8 Å². The predicted octanol–water partition coefficient (Wildman–Crippen LogP) is 4.91. The van der Waals surface area contributed by atoms with Crippen molar-refractivity contribution in [2.24, 2.45) is 0 Å². The quantitative estimate of drug-likeness (QED) is 0.567. The number of nitrogens with zero attached hydrogens (tertiary/aromatic N) is 2. The molecule has 1 aliphatic rings. The van der Waals surface area contributed by atoms with Gasteiger partial charge in [-0.15, -0.1) is 12.6 Å². The van der Waals surface area contributed by atoms with Crippen LogP contribution >= 0.6 is 24.2 Å². The van der Waals surface area contributed by atoms with E-state index < -0.39 is 12.1 Å². The molecule has 0 radical (unpaired) electrons. The summed E-state index contributed by atoms with van der Waals surface area (Å²) in [4.78, 5) is 14.2. The summed E-state index contributed by atoms with van der Waals surface area (Å²) in [6.45, 7) is 0. The number of hydrogen-bond donors (Lipinski definition) is 2. The molecule has 4 rings (SSSR count). The summed E-state index contributed by atoms with van der Waals surface area (Å²) in [6.07, 6.45) is -0.702. The standard InChI is InChI=1S/C22H16ClN3O3S/c1-28-14-8-6-13(7-9-14)26-20(25-21(27)16(12-24)22(26)30)19-11-10-18(29-19)15-4-2-3-5-17(15)23/h2-11,20,30H,1H3,(H,25,27). The highest BCUT2D eigenvalue weighted by molar-refractivity contribution is 7.84. The third-order valence-corrected chi connectivity index (χ3v) is 5.47. The van der Waals surface area contributed by atoms with Crippen molar-refractivity contribution in [3.05, 3.63) is 82.0 Å². The van der Waals surface area contributed by atoms with Crippen LogP contribution in [0.5, 0.6) is 5.75 Å². The summed E-state index contributed by atoms with van der Waals surface area (Å²) < 4.78 is 11.3. The van der Waals surface area contributed by atoms with E-state index in [1.807, 2.05) is 36.4 Å². The molecule has 1 N–H and O–H groups in total. The van der Waals surface area contributed by atoms with Crippen molar-refractivity contribution in [1.29, 1.82) is 5.26 Å². The van der Waals surface area contributed by atoms with E-state index in [0.29, 0.717) is 28.0 Å². The topological polar surface area (TPSA) is 78.5 Å². The predicted molar refractivity (Wildman–Crippen MR) is 117 cm³/mol. The molecule has 3 aromatic rings. The van der Waals surface area contributed by atoms with Crippen molar-refractivity contribution in [3.8, 4) is 23.1 Å². The molecule has 0 fully saturated rings. The number of carbonyl (C=O) groups is 1. The van der Waals surface area contributed by atoms with Crippen molar-refractivity contribution in [3.63, 3.8) is 0 Å². The molecule has 0 aliphatic carbocycles. The molecule has 1 unspecified atom stereocenters. The second-order valence-corrected chi connectivity index (χ2v) is 7.27. The van der Waals surface area contributed by atoms with Crippen LogP contribution in [-0.4, -0.2) is 13.0 Å². The van der Waals surface area contributed by atoms with E-state index in [-0.39, 0.29) is 10.6 Å². The van der Waals surface area contributed by atoms with Crippen molar-refractivity contribution < 1.29 is 13.9 Å². The van der Waals surface area contributed by atoms with Gasteiger partial charge in [0.15, 0.2) is 6.17 Å². The van der Waals surface area contributed by atoms with Crippen molar-refractivity contribution in [1.82, 2.24) is 5.32 Å². The van der Waals surface area contributed by atoms with Crippen LogP contribution in [0.1, 0.15) is 11.9 Å². The summed E-state index contributed by atoms with van der Waals surface area (Å²) in [5.74, 6) is 1.20. The van der Waals surface area contributed by atoms with Gasteiger partial charge in [0.1, 0.15) is 28.9 Å². The molecule has 0 bridgehead atoms. The fraction of sp³-hybridized carbons (Fsp3) is 0.0909. The van der Waals surface area contributed by atoms with Gasteiger partial charge in [-0.2, -0.15) is 5.26 Å². The number of benzene rings is 2. The Hall–Kier alpha value is -3.34. The van der Waals surface area contributed by atoms with E-state index in [1.165, 1.54) is 0 Å². The SMILES string of the molecule is COc1ccc(N2C(S)=C(C#N)C(=O)NC2c2ccc(-c3ccccc3Cl)o2)cc1. The maximum atomic E-state index is 12.5. The van der Waals surface area contributed by atoms with Crippen molar-refractivity contribution in [2.75, 3.05) is 12.0 Å². The summed E-state index contributed by atoms with van der Waals surface area (Å²) in [5.41, 5.74) is 1.36. The second kappa shape index (κ2) is 8.19. The van der Waals surface area contributed by atoms with Crippen molar-refractivity contribution >= 4 is 35.8 Å². The van der Waals surface area contributed by atoms with Gasteiger partial charge >= 0.3 is 0 Å². The van der Waals surface area contributed by atoms with E-state index >= 15 is 0 Å². The third-order valence-electron chi connectivity index (χ3n) is 4.70. The number of anilines is 1. The largest absolute Gasteiger partial charge is 0.497 e. The van der Waals surface area contributed by atoms with Gasteiger partial charge in [-0.05, 0) is 48.5 Å². The third kappa shape index (κ3) is 3.52. The molecule has 2 aromatic carbocycles. The van der Waals surface area contributed by atoms with Gasteiger partial charge in [-0.3, -0.25) is 4.79 Å². The number of carbonyl (C=O) groups excluding carboxylic acids is 1. The number of rotatable bonds is 4. The number of amides is 1. The Labute approximate surface area is 183 Å². The molecule has 0 saturated carbocycles. The molecule has 1 aliphatic heterocycles. The number of thiol groups is 1. The molecule has 0 saturated heterocycles. The minimum absolute atomic E-state index is 0.0803. The van der Waals surface area contributed by atoms with Crippen LogP contribution in [0.4, 0.5) is 5.69 Å². The zero-order chi connectivity index (χ0) is 21.3. The lowest BCUT2D eigenvalue weighted by atomic mass is 10.1. The summed E-state index contributed by atoms with van der Waals surface area (Å²) in [7, 11) is 1.58. The van der Waals surface area contributed by atoms with Gasteiger partial charge in [-0.25, -0.2) is 0 Å². The average molecular weight is 438 g/mol.